The summed E-state index contributed by atoms with van der Waals surface area (Å²) in [6.07, 6.45) is 6.12. The fourth-order valence-electron chi connectivity index (χ4n) is 2.64. The Kier molecular flexibility index (Phi) is 30.9. The van der Waals surface area contributed by atoms with Crippen molar-refractivity contribution in [2.24, 2.45) is 0 Å². The number of hydrogen-bond donors (Lipinski definition) is 0. The van der Waals surface area contributed by atoms with Gasteiger partial charge < -0.3 is 37.9 Å². The molecule has 0 aromatic carbocycles. The summed E-state index contributed by atoms with van der Waals surface area (Å²) < 4.78 is 43.9. The normalized spacial score (nSPS) is 11.2. The minimum Gasteiger partial charge on any atom is -0.463 e. The van der Waals surface area contributed by atoms with Crippen molar-refractivity contribution in [2.75, 3.05) is 104 Å². The Bertz CT molecular complexity index is 403. The maximum Gasteiger partial charge on any atom is 0.305 e. The van der Waals surface area contributed by atoms with Crippen LogP contribution in [0.1, 0.15) is 45.4 Å². The smallest absolute Gasteiger partial charge is 0.305 e. The second-order valence-corrected chi connectivity index (χ2v) is 8.44. The summed E-state index contributed by atoms with van der Waals surface area (Å²) in [6, 6.07) is 0. The zero-order chi connectivity index (χ0) is 24.8. The van der Waals surface area contributed by atoms with Crippen LogP contribution in [0.15, 0.2) is 0 Å². The van der Waals surface area contributed by atoms with Crippen LogP contribution in [0.2, 0.25) is 0 Å². The van der Waals surface area contributed by atoms with E-state index in [1.165, 1.54) is 19.3 Å². The Labute approximate surface area is 219 Å². The van der Waals surface area contributed by atoms with E-state index in [1.54, 1.807) is 0 Å². The Morgan fingerprint density at radius 1 is 0.500 bits per heavy atom. The molecule has 0 amide bonds. The van der Waals surface area contributed by atoms with Crippen molar-refractivity contribution in [3.8, 4) is 0 Å². The summed E-state index contributed by atoms with van der Waals surface area (Å²) in [5, 5.41) is 0. The second kappa shape index (κ2) is 31.0. The van der Waals surface area contributed by atoms with Gasteiger partial charge >= 0.3 is 5.97 Å². The van der Waals surface area contributed by atoms with E-state index in [9.17, 15) is 4.79 Å². The maximum absolute atomic E-state index is 11.6. The Hall–Kier alpha value is -0.0800. The molecule has 0 unspecified atom stereocenters. The third kappa shape index (κ3) is 30.0. The van der Waals surface area contributed by atoms with Gasteiger partial charge in [0.25, 0.3) is 0 Å². The van der Waals surface area contributed by atoms with Crippen molar-refractivity contribution < 1.29 is 42.7 Å². The first-order valence-electron chi connectivity index (χ1n) is 12.6. The van der Waals surface area contributed by atoms with Gasteiger partial charge in [0.2, 0.25) is 0 Å². The van der Waals surface area contributed by atoms with Crippen molar-refractivity contribution in [2.45, 2.75) is 45.4 Å². The average Bonchev–Trinajstić information content (AvgIpc) is 2.84. The Morgan fingerprint density at radius 2 is 0.853 bits per heavy atom. The average molecular weight is 607 g/mol. The molecule has 0 aliphatic rings. The molecule has 34 heavy (non-hydrogen) atoms. The predicted octanol–water partition coefficient (Wildman–Crippen LogP) is 3.44. The summed E-state index contributed by atoms with van der Waals surface area (Å²) in [5.74, 6) is -0.140. The van der Waals surface area contributed by atoms with Crippen LogP contribution in [0.25, 0.3) is 0 Å². The van der Waals surface area contributed by atoms with Gasteiger partial charge in [-0.2, -0.15) is 0 Å². The van der Waals surface area contributed by atoms with Crippen LogP contribution in [0.4, 0.5) is 0 Å². The monoisotopic (exact) mass is 606 g/mol. The van der Waals surface area contributed by atoms with Crippen LogP contribution in [-0.4, -0.2) is 110 Å². The molecular weight excluding hydrogens is 559 g/mol. The lowest BCUT2D eigenvalue weighted by molar-refractivity contribution is -0.145. The number of ether oxygens (including phenoxy) is 8. The first kappa shape index (κ1) is 33.9. The summed E-state index contributed by atoms with van der Waals surface area (Å²) in [4.78, 5) is 11.6. The van der Waals surface area contributed by atoms with Crippen LogP contribution >= 0.6 is 22.6 Å². The highest BCUT2D eigenvalue weighted by molar-refractivity contribution is 14.1. The van der Waals surface area contributed by atoms with E-state index in [-0.39, 0.29) is 5.97 Å². The van der Waals surface area contributed by atoms with E-state index < -0.39 is 0 Å². The quantitative estimate of drug-likeness (QED) is 0.0550. The van der Waals surface area contributed by atoms with E-state index in [0.717, 1.165) is 23.9 Å². The number of carbonyl (C=O) groups is 1. The molecule has 0 heterocycles. The van der Waals surface area contributed by atoms with Gasteiger partial charge in [0.1, 0.15) is 6.61 Å². The zero-order valence-corrected chi connectivity index (χ0v) is 23.3. The summed E-state index contributed by atoms with van der Waals surface area (Å²) in [6.45, 7) is 10.0. The molecule has 204 valence electrons. The first-order chi connectivity index (χ1) is 16.8. The molecule has 0 aromatic rings. The molecule has 0 N–H and O–H groups in total. The van der Waals surface area contributed by atoms with Crippen molar-refractivity contribution in [3.05, 3.63) is 0 Å². The van der Waals surface area contributed by atoms with Crippen LogP contribution in [0, 0.1) is 0 Å². The largest absolute Gasteiger partial charge is 0.463 e. The Morgan fingerprint density at radius 3 is 1.24 bits per heavy atom. The minimum absolute atomic E-state index is 0.140. The molecule has 0 fully saturated rings. The van der Waals surface area contributed by atoms with E-state index in [1.807, 2.05) is 0 Å². The number of unbranched alkanes of at least 4 members (excludes halogenated alkanes) is 4. The van der Waals surface area contributed by atoms with Gasteiger partial charge in [0, 0.05) is 10.8 Å². The second-order valence-electron chi connectivity index (χ2n) is 7.36. The molecule has 0 bridgehead atoms. The molecule has 10 heteroatoms. The van der Waals surface area contributed by atoms with Gasteiger partial charge in [0.05, 0.1) is 92.5 Å². The molecule has 0 saturated carbocycles. The molecule has 9 nitrogen and oxygen atoms in total. The number of halogens is 1. The third-order valence-electron chi connectivity index (χ3n) is 4.43. The number of esters is 1. The van der Waals surface area contributed by atoms with Crippen molar-refractivity contribution in [3.63, 3.8) is 0 Å². The van der Waals surface area contributed by atoms with Crippen LogP contribution in [0.3, 0.4) is 0 Å². The lowest BCUT2D eigenvalue weighted by atomic mass is 10.1. The molecule has 0 rings (SSSR count). The van der Waals surface area contributed by atoms with Crippen molar-refractivity contribution in [1.29, 1.82) is 0 Å². The SMILES string of the molecule is CCCCCCCC(=O)OCCOCCOCCOCCOCCOCCOCCOCCI. The fourth-order valence-corrected chi connectivity index (χ4v) is 2.95. The first-order valence-corrected chi connectivity index (χ1v) is 14.1. The minimum atomic E-state index is -0.140. The lowest BCUT2D eigenvalue weighted by Crippen LogP contribution is -2.15. The number of alkyl halides is 1. The maximum atomic E-state index is 11.6. The highest BCUT2D eigenvalue weighted by atomic mass is 127. The van der Waals surface area contributed by atoms with Gasteiger partial charge in [-0.25, -0.2) is 0 Å². The highest BCUT2D eigenvalue weighted by Gasteiger charge is 2.02. The molecule has 0 aliphatic heterocycles. The van der Waals surface area contributed by atoms with E-state index in [0.29, 0.717) is 98.9 Å². The van der Waals surface area contributed by atoms with Crippen LogP contribution in [0.5, 0.6) is 0 Å². The standard InChI is InChI=1S/C24H47IO9/c1-2-3-4-5-6-7-24(26)34-23-22-33-21-20-32-19-18-31-17-16-30-15-14-29-13-12-28-11-10-27-9-8-25/h2-23H2,1H3. The molecule has 0 aromatic heterocycles. The molecule has 0 aliphatic carbocycles. The number of rotatable bonds is 29. The van der Waals surface area contributed by atoms with E-state index in [2.05, 4.69) is 29.5 Å². The summed E-state index contributed by atoms with van der Waals surface area (Å²) in [5.41, 5.74) is 0. The molecule has 0 saturated heterocycles. The van der Waals surface area contributed by atoms with E-state index in [4.69, 9.17) is 37.9 Å². The van der Waals surface area contributed by atoms with Crippen LogP contribution < -0.4 is 0 Å². The molecule has 0 radical (unpaired) electrons. The van der Waals surface area contributed by atoms with Gasteiger partial charge in [-0.05, 0) is 6.42 Å². The Balaban J connectivity index is 3.08. The number of hydrogen-bond acceptors (Lipinski definition) is 9. The van der Waals surface area contributed by atoms with Gasteiger partial charge in [-0.1, -0.05) is 55.2 Å². The molecular formula is C24H47IO9. The van der Waals surface area contributed by atoms with Gasteiger partial charge in [-0.3, -0.25) is 4.79 Å². The molecule has 0 spiro atoms. The fraction of sp³-hybridized carbons (Fsp3) is 0.958. The highest BCUT2D eigenvalue weighted by Crippen LogP contribution is 2.05. The van der Waals surface area contributed by atoms with Crippen LogP contribution in [-0.2, 0) is 42.7 Å². The zero-order valence-electron chi connectivity index (χ0n) is 21.1. The number of carbonyl (C=O) groups excluding carboxylic acids is 1. The summed E-state index contributed by atoms with van der Waals surface area (Å²) in [7, 11) is 0. The summed E-state index contributed by atoms with van der Waals surface area (Å²) >= 11 is 2.28. The van der Waals surface area contributed by atoms with Crippen molar-refractivity contribution in [1.82, 2.24) is 0 Å². The van der Waals surface area contributed by atoms with Crippen molar-refractivity contribution >= 4 is 28.6 Å². The molecule has 0 atom stereocenters. The predicted molar refractivity (Wildman–Crippen MR) is 139 cm³/mol. The third-order valence-corrected chi connectivity index (χ3v) is 4.87. The lowest BCUT2D eigenvalue weighted by Gasteiger charge is -2.08. The van der Waals surface area contributed by atoms with Gasteiger partial charge in [0.15, 0.2) is 0 Å². The van der Waals surface area contributed by atoms with Gasteiger partial charge in [-0.15, -0.1) is 0 Å². The topological polar surface area (TPSA) is 90.9 Å². The van der Waals surface area contributed by atoms with E-state index >= 15 is 0 Å².